The van der Waals surface area contributed by atoms with E-state index in [1.807, 2.05) is 25.4 Å². The summed E-state index contributed by atoms with van der Waals surface area (Å²) in [6.07, 6.45) is 0. The maximum absolute atomic E-state index is 6.22. The fourth-order valence-electron chi connectivity index (χ4n) is 1.94. The average Bonchev–Trinajstić information content (AvgIpc) is 2.76. The van der Waals surface area contributed by atoms with E-state index in [1.54, 1.807) is 11.3 Å². The van der Waals surface area contributed by atoms with Gasteiger partial charge in [0.15, 0.2) is 0 Å². The van der Waals surface area contributed by atoms with Crippen molar-refractivity contribution < 1.29 is 0 Å². The summed E-state index contributed by atoms with van der Waals surface area (Å²) >= 11 is 7.91. The van der Waals surface area contributed by atoms with Gasteiger partial charge in [-0.15, -0.1) is 11.3 Å². The van der Waals surface area contributed by atoms with Crippen molar-refractivity contribution in [1.82, 2.24) is 10.3 Å². The Morgan fingerprint density at radius 3 is 2.72 bits per heavy atom. The predicted octanol–water partition coefficient (Wildman–Crippen LogP) is 4.11. The van der Waals surface area contributed by atoms with Crippen LogP contribution in [0.4, 0.5) is 0 Å². The molecule has 96 valence electrons. The van der Waals surface area contributed by atoms with Crippen LogP contribution in [-0.4, -0.2) is 11.5 Å². The summed E-state index contributed by atoms with van der Waals surface area (Å²) in [7, 11) is 0. The van der Waals surface area contributed by atoms with Crippen molar-refractivity contribution in [2.45, 2.75) is 26.8 Å². The fraction of sp³-hybridized carbons (Fsp3) is 0.357. The summed E-state index contributed by atoms with van der Waals surface area (Å²) in [5.74, 6) is 0. The topological polar surface area (TPSA) is 24.9 Å². The molecule has 4 heteroatoms. The zero-order valence-corrected chi connectivity index (χ0v) is 12.4. The summed E-state index contributed by atoms with van der Waals surface area (Å²) in [5.41, 5.74) is 5.28. The monoisotopic (exact) mass is 280 g/mol. The first-order valence-electron chi connectivity index (χ1n) is 6.03. The molecule has 1 unspecified atom stereocenters. The number of halogens is 1. The van der Waals surface area contributed by atoms with Gasteiger partial charge in [0.05, 0.1) is 17.2 Å². The number of aromatic nitrogens is 1. The van der Waals surface area contributed by atoms with Crippen LogP contribution in [0.5, 0.6) is 0 Å². The lowest BCUT2D eigenvalue weighted by atomic mass is 10.0. The highest BCUT2D eigenvalue weighted by atomic mass is 35.5. The van der Waals surface area contributed by atoms with Crippen LogP contribution in [0.15, 0.2) is 23.7 Å². The first kappa shape index (κ1) is 13.5. The van der Waals surface area contributed by atoms with Gasteiger partial charge in [0.25, 0.3) is 0 Å². The number of nitrogens with zero attached hydrogens (tertiary/aromatic N) is 1. The molecule has 0 fully saturated rings. The molecule has 0 radical (unpaired) electrons. The van der Waals surface area contributed by atoms with Crippen LogP contribution in [0.25, 0.3) is 0 Å². The molecule has 18 heavy (non-hydrogen) atoms. The third kappa shape index (κ3) is 2.74. The lowest BCUT2D eigenvalue weighted by Gasteiger charge is -2.18. The van der Waals surface area contributed by atoms with Crippen LogP contribution >= 0.6 is 22.9 Å². The zero-order valence-electron chi connectivity index (χ0n) is 10.8. The predicted molar refractivity (Wildman–Crippen MR) is 78.6 cm³/mol. The van der Waals surface area contributed by atoms with Crippen molar-refractivity contribution in [1.29, 1.82) is 0 Å². The number of thiazole rings is 1. The Morgan fingerprint density at radius 2 is 2.17 bits per heavy atom. The summed E-state index contributed by atoms with van der Waals surface area (Å²) in [4.78, 5) is 5.59. The van der Waals surface area contributed by atoms with E-state index in [0.29, 0.717) is 0 Å². The Hall–Kier alpha value is -0.900. The standard InChI is InChI=1S/C14H17ClN2S/c1-4-16-13(14-10(3)17-8-18-14)11-6-5-9(2)12(15)7-11/h5-8,13,16H,4H2,1-3H3. The molecule has 1 aromatic carbocycles. The van der Waals surface area contributed by atoms with Gasteiger partial charge in [-0.3, -0.25) is 0 Å². The number of aryl methyl sites for hydroxylation is 2. The molecule has 0 bridgehead atoms. The molecule has 2 nitrogen and oxygen atoms in total. The minimum Gasteiger partial charge on any atom is -0.306 e. The molecule has 0 saturated heterocycles. The van der Waals surface area contributed by atoms with Crippen LogP contribution in [-0.2, 0) is 0 Å². The maximum Gasteiger partial charge on any atom is 0.0798 e. The van der Waals surface area contributed by atoms with Crippen molar-refractivity contribution in [2.24, 2.45) is 0 Å². The van der Waals surface area contributed by atoms with E-state index in [0.717, 1.165) is 22.8 Å². The fourth-order valence-corrected chi connectivity index (χ4v) is 3.03. The minimum absolute atomic E-state index is 0.181. The zero-order chi connectivity index (χ0) is 13.1. The van der Waals surface area contributed by atoms with Gasteiger partial charge in [0.1, 0.15) is 0 Å². The quantitative estimate of drug-likeness (QED) is 0.912. The number of benzene rings is 1. The SMILES string of the molecule is CCNC(c1ccc(C)c(Cl)c1)c1scnc1C. The first-order chi connectivity index (χ1) is 8.63. The Bertz CT molecular complexity index is 536. The van der Waals surface area contributed by atoms with E-state index >= 15 is 0 Å². The van der Waals surface area contributed by atoms with E-state index < -0.39 is 0 Å². The molecule has 1 aromatic heterocycles. The lowest BCUT2D eigenvalue weighted by Crippen LogP contribution is -2.21. The average molecular weight is 281 g/mol. The molecule has 0 aliphatic carbocycles. The second-order valence-electron chi connectivity index (χ2n) is 4.30. The Balaban J connectivity index is 2.41. The van der Waals surface area contributed by atoms with Crippen molar-refractivity contribution >= 4 is 22.9 Å². The summed E-state index contributed by atoms with van der Waals surface area (Å²) in [6, 6.07) is 6.43. The third-order valence-electron chi connectivity index (χ3n) is 2.98. The highest BCUT2D eigenvalue weighted by molar-refractivity contribution is 7.09. The summed E-state index contributed by atoms with van der Waals surface area (Å²) in [6.45, 7) is 7.09. The molecule has 0 saturated carbocycles. The number of hydrogen-bond donors (Lipinski definition) is 1. The summed E-state index contributed by atoms with van der Waals surface area (Å²) < 4.78 is 0. The van der Waals surface area contributed by atoms with Gasteiger partial charge >= 0.3 is 0 Å². The lowest BCUT2D eigenvalue weighted by molar-refractivity contribution is 0.635. The van der Waals surface area contributed by atoms with Crippen LogP contribution in [0, 0.1) is 13.8 Å². The van der Waals surface area contributed by atoms with Gasteiger partial charge in [-0.25, -0.2) is 4.98 Å². The van der Waals surface area contributed by atoms with E-state index in [2.05, 4.69) is 29.4 Å². The normalized spacial score (nSPS) is 12.7. The van der Waals surface area contributed by atoms with Crippen molar-refractivity contribution in [2.75, 3.05) is 6.54 Å². The first-order valence-corrected chi connectivity index (χ1v) is 7.28. The van der Waals surface area contributed by atoms with Gasteiger partial charge in [-0.1, -0.05) is 30.7 Å². The van der Waals surface area contributed by atoms with Gasteiger partial charge in [-0.05, 0) is 37.6 Å². The van der Waals surface area contributed by atoms with Crippen LogP contribution in [0.3, 0.4) is 0 Å². The van der Waals surface area contributed by atoms with Crippen molar-refractivity contribution in [3.63, 3.8) is 0 Å². The van der Waals surface area contributed by atoms with E-state index in [1.165, 1.54) is 10.4 Å². The Morgan fingerprint density at radius 1 is 1.39 bits per heavy atom. The second-order valence-corrected chi connectivity index (χ2v) is 5.59. The highest BCUT2D eigenvalue weighted by Crippen LogP contribution is 2.30. The maximum atomic E-state index is 6.22. The summed E-state index contributed by atoms with van der Waals surface area (Å²) in [5, 5.41) is 4.32. The molecule has 2 aromatic rings. The second kappa shape index (κ2) is 5.83. The minimum atomic E-state index is 0.181. The van der Waals surface area contributed by atoms with Crippen LogP contribution < -0.4 is 5.32 Å². The van der Waals surface area contributed by atoms with Crippen molar-refractivity contribution in [3.05, 3.63) is 50.4 Å². The molecule has 0 aliphatic heterocycles. The van der Waals surface area contributed by atoms with Gasteiger partial charge in [-0.2, -0.15) is 0 Å². The molecule has 1 heterocycles. The molecule has 0 amide bonds. The van der Waals surface area contributed by atoms with Crippen LogP contribution in [0.1, 0.15) is 34.7 Å². The Kier molecular flexibility index (Phi) is 4.38. The number of hydrogen-bond acceptors (Lipinski definition) is 3. The largest absolute Gasteiger partial charge is 0.306 e. The molecule has 2 rings (SSSR count). The molecule has 0 aliphatic rings. The number of rotatable bonds is 4. The Labute approximate surface area is 117 Å². The smallest absolute Gasteiger partial charge is 0.0798 e. The molecular weight excluding hydrogens is 264 g/mol. The van der Waals surface area contributed by atoms with Crippen LogP contribution in [0.2, 0.25) is 5.02 Å². The molecule has 0 spiro atoms. The molecule has 1 atom stereocenters. The molecular formula is C14H17ClN2S. The van der Waals surface area contributed by atoms with Gasteiger partial charge < -0.3 is 5.32 Å². The van der Waals surface area contributed by atoms with E-state index in [4.69, 9.17) is 11.6 Å². The van der Waals surface area contributed by atoms with E-state index in [9.17, 15) is 0 Å². The number of nitrogens with one attached hydrogen (secondary N) is 1. The van der Waals surface area contributed by atoms with Gasteiger partial charge in [0, 0.05) is 9.90 Å². The van der Waals surface area contributed by atoms with Crippen molar-refractivity contribution in [3.8, 4) is 0 Å². The van der Waals surface area contributed by atoms with Gasteiger partial charge in [0.2, 0.25) is 0 Å². The third-order valence-corrected chi connectivity index (χ3v) is 4.39. The molecule has 1 N–H and O–H groups in total. The van der Waals surface area contributed by atoms with E-state index in [-0.39, 0.29) is 6.04 Å². The highest BCUT2D eigenvalue weighted by Gasteiger charge is 2.17.